The molecule has 0 spiro atoms. The van der Waals surface area contributed by atoms with Crippen LogP contribution in [-0.4, -0.2) is 23.3 Å². The number of aromatic nitrogens is 1. The molecule has 1 aliphatic rings. The van der Waals surface area contributed by atoms with Crippen molar-refractivity contribution in [1.29, 1.82) is 0 Å². The summed E-state index contributed by atoms with van der Waals surface area (Å²) in [5.74, 6) is -0.699. The molecule has 0 radical (unpaired) electrons. The van der Waals surface area contributed by atoms with Crippen molar-refractivity contribution in [2.75, 3.05) is 16.8 Å². The van der Waals surface area contributed by atoms with Gasteiger partial charge >= 0.3 is 5.76 Å². The molecule has 0 bridgehead atoms. The highest BCUT2D eigenvalue weighted by Crippen LogP contribution is 2.22. The number of amides is 2. The minimum Gasteiger partial charge on any atom is -0.408 e. The Morgan fingerprint density at radius 2 is 1.92 bits per heavy atom. The third kappa shape index (κ3) is 2.91. The molecule has 0 unspecified atom stereocenters. The zero-order chi connectivity index (χ0) is 17.4. The minimum atomic E-state index is -0.537. The van der Waals surface area contributed by atoms with Crippen LogP contribution < -0.4 is 16.0 Å². The summed E-state index contributed by atoms with van der Waals surface area (Å²) in [7, 11) is 0. The van der Waals surface area contributed by atoms with Crippen molar-refractivity contribution in [1.82, 2.24) is 4.98 Å². The SMILES string of the molecule is O=C(Nc1ccc2oc(=O)[nH]c2c1)c1ccc(N2CCCC2=O)cc1. The van der Waals surface area contributed by atoms with Crippen LogP contribution in [-0.2, 0) is 4.79 Å². The lowest BCUT2D eigenvalue weighted by molar-refractivity contribution is -0.117. The lowest BCUT2D eigenvalue weighted by Crippen LogP contribution is -2.23. The lowest BCUT2D eigenvalue weighted by Gasteiger charge is -2.15. The molecule has 2 aromatic carbocycles. The van der Waals surface area contributed by atoms with Gasteiger partial charge in [-0.25, -0.2) is 4.79 Å². The molecule has 2 heterocycles. The molecule has 0 atom stereocenters. The molecule has 1 aromatic heterocycles. The summed E-state index contributed by atoms with van der Waals surface area (Å²) in [6.45, 7) is 0.716. The highest BCUT2D eigenvalue weighted by atomic mass is 16.4. The first kappa shape index (κ1) is 15.2. The summed E-state index contributed by atoms with van der Waals surface area (Å²) in [6, 6.07) is 11.8. The van der Waals surface area contributed by atoms with E-state index in [9.17, 15) is 14.4 Å². The van der Waals surface area contributed by atoms with Crippen LogP contribution in [0.4, 0.5) is 11.4 Å². The molecule has 0 aliphatic carbocycles. The maximum absolute atomic E-state index is 12.4. The molecular weight excluding hydrogens is 322 g/mol. The minimum absolute atomic E-state index is 0.111. The second-order valence-electron chi connectivity index (χ2n) is 5.88. The Balaban J connectivity index is 1.51. The second-order valence-corrected chi connectivity index (χ2v) is 5.88. The van der Waals surface area contributed by atoms with Crippen molar-refractivity contribution in [2.45, 2.75) is 12.8 Å². The summed E-state index contributed by atoms with van der Waals surface area (Å²) >= 11 is 0. The van der Waals surface area contributed by atoms with Gasteiger partial charge in [0, 0.05) is 29.9 Å². The van der Waals surface area contributed by atoms with E-state index in [-0.39, 0.29) is 11.8 Å². The van der Waals surface area contributed by atoms with E-state index in [1.54, 1.807) is 47.4 Å². The molecule has 4 rings (SSSR count). The van der Waals surface area contributed by atoms with E-state index in [1.807, 2.05) is 0 Å². The number of aromatic amines is 1. The predicted octanol–water partition coefficient (Wildman–Crippen LogP) is 2.50. The van der Waals surface area contributed by atoms with Gasteiger partial charge in [-0.1, -0.05) is 0 Å². The molecule has 2 N–H and O–H groups in total. The molecule has 0 saturated carbocycles. The van der Waals surface area contributed by atoms with Crippen molar-refractivity contribution in [3.63, 3.8) is 0 Å². The van der Waals surface area contributed by atoms with Gasteiger partial charge in [0.1, 0.15) is 0 Å². The van der Waals surface area contributed by atoms with E-state index in [0.29, 0.717) is 35.3 Å². The molecule has 3 aromatic rings. The summed E-state index contributed by atoms with van der Waals surface area (Å²) in [4.78, 5) is 39.6. The van der Waals surface area contributed by atoms with Gasteiger partial charge in [-0.2, -0.15) is 0 Å². The van der Waals surface area contributed by atoms with Crippen LogP contribution >= 0.6 is 0 Å². The maximum Gasteiger partial charge on any atom is 0.417 e. The summed E-state index contributed by atoms with van der Waals surface area (Å²) < 4.78 is 4.93. The smallest absolute Gasteiger partial charge is 0.408 e. The average Bonchev–Trinajstić information content (AvgIpc) is 3.19. The highest BCUT2D eigenvalue weighted by molar-refractivity contribution is 6.05. The number of anilines is 2. The van der Waals surface area contributed by atoms with Crippen molar-refractivity contribution in [2.24, 2.45) is 0 Å². The Kier molecular flexibility index (Phi) is 3.61. The van der Waals surface area contributed by atoms with E-state index < -0.39 is 5.76 Å². The first-order valence-electron chi connectivity index (χ1n) is 7.95. The average molecular weight is 337 g/mol. The van der Waals surface area contributed by atoms with Crippen molar-refractivity contribution < 1.29 is 14.0 Å². The van der Waals surface area contributed by atoms with Gasteiger partial charge in [-0.3, -0.25) is 14.6 Å². The molecule has 7 heteroatoms. The summed E-state index contributed by atoms with van der Waals surface area (Å²) in [5, 5.41) is 2.77. The number of benzene rings is 2. The Morgan fingerprint density at radius 3 is 2.64 bits per heavy atom. The van der Waals surface area contributed by atoms with Crippen molar-refractivity contribution in [3.05, 3.63) is 58.6 Å². The molecular formula is C18H15N3O4. The normalized spacial score (nSPS) is 14.2. The van der Waals surface area contributed by atoms with E-state index in [2.05, 4.69) is 10.3 Å². The Labute approximate surface area is 142 Å². The van der Waals surface area contributed by atoms with Gasteiger partial charge in [-0.05, 0) is 48.9 Å². The number of rotatable bonds is 3. The van der Waals surface area contributed by atoms with Crippen molar-refractivity contribution >= 4 is 34.3 Å². The van der Waals surface area contributed by atoms with Crippen molar-refractivity contribution in [3.8, 4) is 0 Å². The van der Waals surface area contributed by atoms with Gasteiger partial charge < -0.3 is 14.6 Å². The van der Waals surface area contributed by atoms with Gasteiger partial charge in [0.2, 0.25) is 5.91 Å². The van der Waals surface area contributed by atoms with Gasteiger partial charge in [-0.15, -0.1) is 0 Å². The fourth-order valence-electron chi connectivity index (χ4n) is 2.95. The number of fused-ring (bicyclic) bond motifs is 1. The Bertz CT molecular complexity index is 1020. The lowest BCUT2D eigenvalue weighted by atomic mass is 10.1. The van der Waals surface area contributed by atoms with Crippen LogP contribution in [0.1, 0.15) is 23.2 Å². The monoisotopic (exact) mass is 337 g/mol. The third-order valence-corrected chi connectivity index (χ3v) is 4.19. The van der Waals surface area contributed by atoms with Crippen LogP contribution in [0.3, 0.4) is 0 Å². The van der Waals surface area contributed by atoms with Crippen LogP contribution in [0.2, 0.25) is 0 Å². The van der Waals surface area contributed by atoms with E-state index in [0.717, 1.165) is 12.1 Å². The molecule has 1 fully saturated rings. The number of H-pyrrole nitrogens is 1. The number of hydrogen-bond donors (Lipinski definition) is 2. The van der Waals surface area contributed by atoms with E-state index >= 15 is 0 Å². The molecule has 126 valence electrons. The Hall–Kier alpha value is -3.35. The molecule has 25 heavy (non-hydrogen) atoms. The molecule has 2 amide bonds. The quantitative estimate of drug-likeness (QED) is 0.767. The number of carbonyl (C=O) groups excluding carboxylic acids is 2. The predicted molar refractivity (Wildman–Crippen MR) is 92.8 cm³/mol. The van der Waals surface area contributed by atoms with E-state index in [1.165, 1.54) is 0 Å². The van der Waals surface area contributed by atoms with Crippen LogP contribution in [0.5, 0.6) is 0 Å². The number of oxazole rings is 1. The third-order valence-electron chi connectivity index (χ3n) is 4.19. The van der Waals surface area contributed by atoms with Crippen LogP contribution in [0, 0.1) is 0 Å². The number of carbonyl (C=O) groups is 2. The second kappa shape index (κ2) is 5.94. The zero-order valence-corrected chi connectivity index (χ0v) is 13.2. The summed E-state index contributed by atoms with van der Waals surface area (Å²) in [5.41, 5.74) is 2.79. The standard InChI is InChI=1S/C18H15N3O4/c22-16-2-1-9-21(16)13-6-3-11(4-7-13)17(23)19-12-5-8-15-14(10-12)20-18(24)25-15/h3-8,10H,1-2,9H2,(H,19,23)(H,20,24). The maximum atomic E-state index is 12.4. The number of hydrogen-bond acceptors (Lipinski definition) is 4. The molecule has 1 aliphatic heterocycles. The fourth-order valence-corrected chi connectivity index (χ4v) is 2.95. The Morgan fingerprint density at radius 1 is 1.12 bits per heavy atom. The highest BCUT2D eigenvalue weighted by Gasteiger charge is 2.21. The zero-order valence-electron chi connectivity index (χ0n) is 13.2. The summed E-state index contributed by atoms with van der Waals surface area (Å²) in [6.07, 6.45) is 1.43. The number of nitrogens with zero attached hydrogens (tertiary/aromatic N) is 1. The van der Waals surface area contributed by atoms with E-state index in [4.69, 9.17) is 4.42 Å². The molecule has 1 saturated heterocycles. The van der Waals surface area contributed by atoms with Gasteiger partial charge in [0.05, 0.1) is 5.52 Å². The van der Waals surface area contributed by atoms with Crippen LogP contribution in [0.25, 0.3) is 11.1 Å². The first-order valence-corrected chi connectivity index (χ1v) is 7.95. The van der Waals surface area contributed by atoms with Gasteiger partial charge in [0.25, 0.3) is 5.91 Å². The fraction of sp³-hybridized carbons (Fsp3) is 0.167. The first-order chi connectivity index (χ1) is 12.1. The van der Waals surface area contributed by atoms with Crippen LogP contribution in [0.15, 0.2) is 51.7 Å². The largest absolute Gasteiger partial charge is 0.417 e. The topological polar surface area (TPSA) is 95.4 Å². The number of nitrogens with one attached hydrogen (secondary N) is 2. The van der Waals surface area contributed by atoms with Gasteiger partial charge in [0.15, 0.2) is 5.58 Å². The molecule has 7 nitrogen and oxygen atoms in total.